The highest BCUT2D eigenvalue weighted by atomic mass is 16.5. The number of aromatic nitrogens is 1. The van der Waals surface area contributed by atoms with Crippen LogP contribution in [-0.4, -0.2) is 29.5 Å². The van der Waals surface area contributed by atoms with Crippen molar-refractivity contribution in [2.75, 3.05) is 12.0 Å². The van der Waals surface area contributed by atoms with Crippen molar-refractivity contribution >= 4 is 29.6 Å². The molecule has 0 atom stereocenters. The Labute approximate surface area is 173 Å². The van der Waals surface area contributed by atoms with E-state index in [2.05, 4.69) is 5.32 Å². The second kappa shape index (κ2) is 7.71. The van der Waals surface area contributed by atoms with E-state index < -0.39 is 17.8 Å². The van der Waals surface area contributed by atoms with Crippen molar-refractivity contribution in [2.45, 2.75) is 6.92 Å². The average molecular weight is 401 g/mol. The highest BCUT2D eigenvalue weighted by Crippen LogP contribution is 2.25. The van der Waals surface area contributed by atoms with Gasteiger partial charge in [-0.3, -0.25) is 14.9 Å². The van der Waals surface area contributed by atoms with Gasteiger partial charge in [0.05, 0.1) is 12.8 Å². The Morgan fingerprint density at radius 3 is 2.23 bits per heavy atom. The highest BCUT2D eigenvalue weighted by Gasteiger charge is 2.37. The highest BCUT2D eigenvalue weighted by molar-refractivity contribution is 6.39. The van der Waals surface area contributed by atoms with Gasteiger partial charge in [-0.05, 0) is 61.5 Å². The van der Waals surface area contributed by atoms with Crippen molar-refractivity contribution in [3.8, 4) is 11.4 Å². The molecule has 0 radical (unpaired) electrons. The molecule has 4 amide bonds. The minimum Gasteiger partial charge on any atom is -0.497 e. The number of aryl methyl sites for hydroxylation is 1. The predicted molar refractivity (Wildman–Crippen MR) is 113 cm³/mol. The molecule has 0 unspecified atom stereocenters. The van der Waals surface area contributed by atoms with Crippen LogP contribution in [0.25, 0.3) is 11.8 Å². The van der Waals surface area contributed by atoms with Gasteiger partial charge in [-0.2, -0.15) is 0 Å². The van der Waals surface area contributed by atoms with Crippen LogP contribution in [0.3, 0.4) is 0 Å². The number of nitrogens with zero attached hydrogens (tertiary/aromatic N) is 2. The number of carbonyl (C=O) groups excluding carboxylic acids is 3. The second-order valence-corrected chi connectivity index (χ2v) is 6.73. The van der Waals surface area contributed by atoms with Crippen LogP contribution in [0.2, 0.25) is 0 Å². The molecule has 0 aliphatic carbocycles. The van der Waals surface area contributed by atoms with E-state index in [0.717, 1.165) is 16.3 Å². The minimum atomic E-state index is -0.790. The molecule has 2 heterocycles. The maximum absolute atomic E-state index is 13.1. The summed E-state index contributed by atoms with van der Waals surface area (Å²) in [5, 5.41) is 2.24. The molecular formula is C23H19N3O4. The van der Waals surface area contributed by atoms with E-state index in [-0.39, 0.29) is 5.57 Å². The van der Waals surface area contributed by atoms with E-state index in [1.165, 1.54) is 13.2 Å². The molecule has 1 aliphatic heterocycles. The number of imide groups is 2. The number of ether oxygens (including phenoxy) is 1. The lowest BCUT2D eigenvalue weighted by molar-refractivity contribution is -0.122. The van der Waals surface area contributed by atoms with Crippen LogP contribution in [0.4, 0.5) is 10.5 Å². The Kier molecular flexibility index (Phi) is 4.93. The van der Waals surface area contributed by atoms with Crippen molar-refractivity contribution < 1.29 is 19.1 Å². The van der Waals surface area contributed by atoms with Crippen LogP contribution < -0.4 is 15.0 Å². The minimum absolute atomic E-state index is 0.124. The molecule has 1 aliphatic rings. The normalized spacial score (nSPS) is 15.5. The standard InChI is InChI=1S/C23H19N3O4/c1-15-8-9-18(25(15)16-6-4-3-5-7-16)14-20-21(27)24-23(29)26(22(20)28)17-10-12-19(30-2)13-11-17/h3-14H,1-2H3,(H,24,27,29)/b20-14+. The third-order valence-electron chi connectivity index (χ3n) is 4.85. The summed E-state index contributed by atoms with van der Waals surface area (Å²) in [6, 6.07) is 19.0. The molecule has 0 saturated carbocycles. The number of barbiturate groups is 1. The monoisotopic (exact) mass is 401 g/mol. The molecular weight excluding hydrogens is 382 g/mol. The van der Waals surface area contributed by atoms with E-state index in [1.807, 2.05) is 54.0 Å². The molecule has 7 nitrogen and oxygen atoms in total. The molecule has 3 aromatic rings. The Bertz CT molecular complexity index is 1160. The first-order valence-electron chi connectivity index (χ1n) is 9.29. The van der Waals surface area contributed by atoms with Gasteiger partial charge in [0.25, 0.3) is 11.8 Å². The van der Waals surface area contributed by atoms with Crippen LogP contribution in [0.1, 0.15) is 11.4 Å². The molecule has 0 bridgehead atoms. The largest absolute Gasteiger partial charge is 0.497 e. The zero-order valence-corrected chi connectivity index (χ0v) is 16.5. The lowest BCUT2D eigenvalue weighted by atomic mass is 10.1. The molecule has 1 fully saturated rings. The summed E-state index contributed by atoms with van der Waals surface area (Å²) in [6.45, 7) is 1.94. The van der Waals surface area contributed by atoms with Crippen molar-refractivity contribution in [2.24, 2.45) is 0 Å². The van der Waals surface area contributed by atoms with Crippen LogP contribution in [0.15, 0.2) is 72.3 Å². The lowest BCUT2D eigenvalue weighted by Gasteiger charge is -2.26. The number of carbonyl (C=O) groups is 3. The van der Waals surface area contributed by atoms with Gasteiger partial charge < -0.3 is 9.30 Å². The summed E-state index contributed by atoms with van der Waals surface area (Å²) in [5.74, 6) is -0.827. The summed E-state index contributed by atoms with van der Waals surface area (Å²) in [6.07, 6.45) is 1.50. The molecule has 7 heteroatoms. The molecule has 1 N–H and O–H groups in total. The molecule has 1 aromatic heterocycles. The molecule has 1 saturated heterocycles. The Morgan fingerprint density at radius 2 is 1.57 bits per heavy atom. The topological polar surface area (TPSA) is 80.6 Å². The number of nitrogens with one attached hydrogen (secondary N) is 1. The van der Waals surface area contributed by atoms with Gasteiger partial charge >= 0.3 is 6.03 Å². The van der Waals surface area contributed by atoms with E-state index in [0.29, 0.717) is 17.1 Å². The predicted octanol–water partition coefficient (Wildman–Crippen LogP) is 3.46. The Morgan fingerprint density at radius 1 is 0.867 bits per heavy atom. The molecule has 4 rings (SSSR count). The van der Waals surface area contributed by atoms with Gasteiger partial charge in [-0.1, -0.05) is 18.2 Å². The quantitative estimate of drug-likeness (QED) is 0.536. The van der Waals surface area contributed by atoms with Crippen LogP contribution >= 0.6 is 0 Å². The number of urea groups is 1. The van der Waals surface area contributed by atoms with Gasteiger partial charge in [-0.15, -0.1) is 0 Å². The summed E-state index contributed by atoms with van der Waals surface area (Å²) < 4.78 is 7.04. The van der Waals surface area contributed by atoms with Gasteiger partial charge in [0.15, 0.2) is 0 Å². The van der Waals surface area contributed by atoms with Crippen molar-refractivity contribution in [3.05, 3.63) is 83.7 Å². The first-order valence-corrected chi connectivity index (χ1v) is 9.29. The van der Waals surface area contributed by atoms with Crippen LogP contribution in [0.5, 0.6) is 5.75 Å². The number of hydrogen-bond acceptors (Lipinski definition) is 4. The zero-order chi connectivity index (χ0) is 21.3. The third-order valence-corrected chi connectivity index (χ3v) is 4.85. The van der Waals surface area contributed by atoms with Crippen LogP contribution in [-0.2, 0) is 9.59 Å². The zero-order valence-electron chi connectivity index (χ0n) is 16.5. The summed E-state index contributed by atoms with van der Waals surface area (Å²) >= 11 is 0. The van der Waals surface area contributed by atoms with Crippen LogP contribution in [0, 0.1) is 6.92 Å². The first-order chi connectivity index (χ1) is 14.5. The Balaban J connectivity index is 1.75. The second-order valence-electron chi connectivity index (χ2n) is 6.73. The van der Waals surface area contributed by atoms with E-state index in [1.54, 1.807) is 24.3 Å². The van der Waals surface area contributed by atoms with Crippen molar-refractivity contribution in [1.29, 1.82) is 0 Å². The fourth-order valence-electron chi connectivity index (χ4n) is 3.37. The molecule has 150 valence electrons. The maximum atomic E-state index is 13.1. The number of rotatable bonds is 4. The van der Waals surface area contributed by atoms with Gasteiger partial charge in [0.2, 0.25) is 0 Å². The van der Waals surface area contributed by atoms with Gasteiger partial charge in [0, 0.05) is 17.1 Å². The number of anilines is 1. The van der Waals surface area contributed by atoms with E-state index >= 15 is 0 Å². The summed E-state index contributed by atoms with van der Waals surface area (Å²) in [4.78, 5) is 38.9. The van der Waals surface area contributed by atoms with Crippen molar-refractivity contribution in [1.82, 2.24) is 9.88 Å². The number of para-hydroxylation sites is 1. The third kappa shape index (κ3) is 3.37. The fourth-order valence-corrected chi connectivity index (χ4v) is 3.37. The van der Waals surface area contributed by atoms with Gasteiger partial charge in [-0.25, -0.2) is 9.69 Å². The lowest BCUT2D eigenvalue weighted by Crippen LogP contribution is -2.54. The van der Waals surface area contributed by atoms with E-state index in [4.69, 9.17) is 4.74 Å². The van der Waals surface area contributed by atoms with Crippen molar-refractivity contribution in [3.63, 3.8) is 0 Å². The number of amides is 4. The maximum Gasteiger partial charge on any atom is 0.335 e. The summed E-state index contributed by atoms with van der Waals surface area (Å²) in [5.41, 5.74) is 2.71. The fraction of sp³-hybridized carbons (Fsp3) is 0.0870. The smallest absolute Gasteiger partial charge is 0.335 e. The first kappa shape index (κ1) is 19.2. The Hall–Kier alpha value is -4.13. The number of methoxy groups -OCH3 is 1. The SMILES string of the molecule is COc1ccc(N2C(=O)NC(=O)/C(=C\c3ccc(C)n3-c3ccccc3)C2=O)cc1. The average Bonchev–Trinajstić information content (AvgIpc) is 3.12. The number of benzene rings is 2. The molecule has 0 spiro atoms. The summed E-state index contributed by atoms with van der Waals surface area (Å²) in [7, 11) is 1.52. The van der Waals surface area contributed by atoms with E-state index in [9.17, 15) is 14.4 Å². The van der Waals surface area contributed by atoms with Gasteiger partial charge in [0.1, 0.15) is 11.3 Å². The number of hydrogen-bond donors (Lipinski definition) is 1. The molecule has 2 aromatic carbocycles. The molecule has 30 heavy (non-hydrogen) atoms.